The first-order chi connectivity index (χ1) is 17.5. The van der Waals surface area contributed by atoms with E-state index in [0.717, 1.165) is 75.0 Å². The van der Waals surface area contributed by atoms with Gasteiger partial charge in [0.15, 0.2) is 0 Å². The van der Waals surface area contributed by atoms with Crippen LogP contribution in [-0.2, 0) is 24.2 Å². The molecule has 4 fully saturated rings. The summed E-state index contributed by atoms with van der Waals surface area (Å²) in [6.45, 7) is 12.9. The van der Waals surface area contributed by atoms with Crippen molar-refractivity contribution in [1.29, 1.82) is 0 Å². The second-order valence-electron chi connectivity index (χ2n) is 11.7. The summed E-state index contributed by atoms with van der Waals surface area (Å²) in [5.41, 5.74) is 6.22. The highest BCUT2D eigenvalue weighted by molar-refractivity contribution is 5.88. The monoisotopic (exact) mass is 491 g/mol. The highest BCUT2D eigenvalue weighted by atomic mass is 16.5. The number of fused-ring (bicyclic) bond motifs is 5. The van der Waals surface area contributed by atoms with Crippen LogP contribution in [0, 0.1) is 26.2 Å². The van der Waals surface area contributed by atoms with E-state index in [1.807, 2.05) is 13.8 Å². The minimum Gasteiger partial charge on any atom is -0.379 e. The summed E-state index contributed by atoms with van der Waals surface area (Å²) >= 11 is 0. The third kappa shape index (κ3) is 3.49. The molecule has 1 saturated heterocycles. The molecule has 0 amide bonds. The quantitative estimate of drug-likeness (QED) is 0.546. The molecule has 0 atom stereocenters. The number of rotatable bonds is 4. The van der Waals surface area contributed by atoms with E-state index in [0.29, 0.717) is 22.5 Å². The van der Waals surface area contributed by atoms with Crippen LogP contribution in [0.2, 0.25) is 0 Å². The molecule has 9 heteroatoms. The van der Waals surface area contributed by atoms with E-state index in [4.69, 9.17) is 19.3 Å². The molecule has 2 bridgehead atoms. The van der Waals surface area contributed by atoms with Crippen molar-refractivity contribution in [3.05, 3.63) is 28.5 Å². The summed E-state index contributed by atoms with van der Waals surface area (Å²) in [7, 11) is 0. The molecule has 3 saturated carbocycles. The molecule has 9 nitrogen and oxygen atoms in total. The van der Waals surface area contributed by atoms with Crippen LogP contribution in [-0.4, -0.2) is 68.2 Å². The Kier molecular flexibility index (Phi) is 5.19. The molecule has 2 aliphatic heterocycles. The predicted octanol–water partition coefficient (Wildman–Crippen LogP) is 3.73. The van der Waals surface area contributed by atoms with Gasteiger partial charge >= 0.3 is 0 Å². The molecule has 3 aromatic rings. The van der Waals surface area contributed by atoms with Crippen LogP contribution in [0.5, 0.6) is 0 Å². The molecule has 0 spiro atoms. The lowest BCUT2D eigenvalue weighted by atomic mass is 9.56. The van der Waals surface area contributed by atoms with Gasteiger partial charge in [-0.3, -0.25) is 9.58 Å². The fraction of sp³-hybridized carbons (Fsp3) is 0.704. The maximum Gasteiger partial charge on any atom is 0.263 e. The minimum atomic E-state index is 0.410. The molecule has 36 heavy (non-hydrogen) atoms. The Bertz CT molecular complexity index is 1280. The average Bonchev–Trinajstić information content (AvgIpc) is 3.43. The van der Waals surface area contributed by atoms with Gasteiger partial charge in [-0.05, 0) is 64.7 Å². The van der Waals surface area contributed by atoms with Gasteiger partial charge in [0.05, 0.1) is 24.6 Å². The third-order valence-electron chi connectivity index (χ3n) is 9.76. The maximum absolute atomic E-state index is 5.64. The van der Waals surface area contributed by atoms with Gasteiger partial charge in [0.25, 0.3) is 5.71 Å². The molecule has 0 N–H and O–H groups in total. The lowest BCUT2D eigenvalue weighted by molar-refractivity contribution is -0.0958. The molecule has 192 valence electrons. The Balaban J connectivity index is 1.11. The first-order valence-electron chi connectivity index (χ1n) is 13.7. The standard InChI is InChI=1S/C27H37N7O2/c1-18-21-16-32(24-23-19(2)31-36-25(23)29-20(3)28-24)11-4-22(21)34(30-18)17-26-5-8-27(9-6-26,10-7-26)33-12-14-35-15-13-33/h4-17H2,1-3H3. The summed E-state index contributed by atoms with van der Waals surface area (Å²) in [5.74, 6) is 1.65. The Morgan fingerprint density at radius 1 is 0.889 bits per heavy atom. The zero-order valence-electron chi connectivity index (χ0n) is 21.8. The van der Waals surface area contributed by atoms with Crippen molar-refractivity contribution >= 4 is 16.9 Å². The normalized spacial score (nSPS) is 28.7. The molecule has 0 aromatic carbocycles. The van der Waals surface area contributed by atoms with Gasteiger partial charge in [-0.1, -0.05) is 5.16 Å². The first kappa shape index (κ1) is 22.7. The van der Waals surface area contributed by atoms with Crippen LogP contribution in [0.25, 0.3) is 11.1 Å². The van der Waals surface area contributed by atoms with Gasteiger partial charge in [0.1, 0.15) is 17.0 Å². The van der Waals surface area contributed by atoms with Crippen LogP contribution < -0.4 is 4.90 Å². The number of aromatic nitrogens is 5. The molecule has 3 aromatic heterocycles. The highest BCUT2D eigenvalue weighted by Gasteiger charge is 2.51. The minimum absolute atomic E-state index is 0.410. The van der Waals surface area contributed by atoms with Gasteiger partial charge in [-0.2, -0.15) is 10.1 Å². The molecular formula is C27H37N7O2. The molecule has 0 unspecified atom stereocenters. The van der Waals surface area contributed by atoms with E-state index >= 15 is 0 Å². The summed E-state index contributed by atoms with van der Waals surface area (Å²) in [6, 6.07) is 0. The summed E-state index contributed by atoms with van der Waals surface area (Å²) < 4.78 is 13.5. The number of hydrogen-bond acceptors (Lipinski definition) is 8. The predicted molar refractivity (Wildman–Crippen MR) is 136 cm³/mol. The Hall–Kier alpha value is -2.52. The number of aryl methyl sites for hydroxylation is 3. The van der Waals surface area contributed by atoms with E-state index in [9.17, 15) is 0 Å². The smallest absolute Gasteiger partial charge is 0.263 e. The van der Waals surface area contributed by atoms with Gasteiger partial charge < -0.3 is 14.2 Å². The van der Waals surface area contributed by atoms with Crippen LogP contribution in [0.3, 0.4) is 0 Å². The van der Waals surface area contributed by atoms with Crippen LogP contribution in [0.4, 0.5) is 5.82 Å². The summed E-state index contributed by atoms with van der Waals surface area (Å²) in [5, 5.41) is 10.2. The highest BCUT2D eigenvalue weighted by Crippen LogP contribution is 2.55. The van der Waals surface area contributed by atoms with E-state index in [1.54, 1.807) is 0 Å². The number of anilines is 1. The molecular weight excluding hydrogens is 454 g/mol. The van der Waals surface area contributed by atoms with Crippen LogP contribution >= 0.6 is 0 Å². The molecule has 5 heterocycles. The van der Waals surface area contributed by atoms with Crippen molar-refractivity contribution in [2.75, 3.05) is 37.7 Å². The number of ether oxygens (including phenoxy) is 1. The van der Waals surface area contributed by atoms with E-state index in [1.165, 1.54) is 49.8 Å². The largest absolute Gasteiger partial charge is 0.379 e. The number of morpholine rings is 1. The molecule has 3 aliphatic carbocycles. The van der Waals surface area contributed by atoms with E-state index in [-0.39, 0.29) is 0 Å². The van der Waals surface area contributed by atoms with Crippen LogP contribution in [0.15, 0.2) is 4.52 Å². The third-order valence-corrected chi connectivity index (χ3v) is 9.76. The van der Waals surface area contributed by atoms with Gasteiger partial charge in [-0.15, -0.1) is 0 Å². The second-order valence-corrected chi connectivity index (χ2v) is 11.7. The van der Waals surface area contributed by atoms with Gasteiger partial charge in [0.2, 0.25) is 0 Å². The lowest BCUT2D eigenvalue weighted by Gasteiger charge is -2.58. The van der Waals surface area contributed by atoms with Gasteiger partial charge in [0, 0.05) is 55.9 Å². The number of hydrogen-bond donors (Lipinski definition) is 0. The van der Waals surface area contributed by atoms with Crippen molar-refractivity contribution in [3.8, 4) is 0 Å². The Labute approximate surface area is 212 Å². The zero-order valence-corrected chi connectivity index (χ0v) is 21.8. The summed E-state index contributed by atoms with van der Waals surface area (Å²) in [6.07, 6.45) is 8.98. The first-order valence-corrected chi connectivity index (χ1v) is 13.7. The number of nitrogens with zero attached hydrogens (tertiary/aromatic N) is 7. The Morgan fingerprint density at radius 3 is 2.39 bits per heavy atom. The Morgan fingerprint density at radius 2 is 1.64 bits per heavy atom. The van der Waals surface area contributed by atoms with E-state index < -0.39 is 0 Å². The lowest BCUT2D eigenvalue weighted by Crippen LogP contribution is -2.60. The second kappa shape index (κ2) is 8.25. The van der Waals surface area contributed by atoms with Crippen molar-refractivity contribution in [2.24, 2.45) is 5.41 Å². The average molecular weight is 492 g/mol. The molecule has 0 radical (unpaired) electrons. The van der Waals surface area contributed by atoms with Crippen molar-refractivity contribution in [3.63, 3.8) is 0 Å². The van der Waals surface area contributed by atoms with Crippen LogP contribution in [0.1, 0.15) is 67.0 Å². The SMILES string of the molecule is Cc1nc(N2CCc3c(c(C)nn3CC34CCC(N5CCOCC5)(CC3)CC4)C2)c2c(C)noc2n1. The molecule has 8 rings (SSSR count). The zero-order chi connectivity index (χ0) is 24.5. The van der Waals surface area contributed by atoms with Crippen molar-refractivity contribution in [1.82, 2.24) is 29.8 Å². The van der Waals surface area contributed by atoms with E-state index in [2.05, 4.69) is 31.5 Å². The fourth-order valence-electron chi connectivity index (χ4n) is 7.59. The fourth-order valence-corrected chi connectivity index (χ4v) is 7.59. The van der Waals surface area contributed by atoms with Gasteiger partial charge in [-0.25, -0.2) is 4.98 Å². The summed E-state index contributed by atoms with van der Waals surface area (Å²) in [4.78, 5) is 14.4. The maximum atomic E-state index is 5.64. The van der Waals surface area contributed by atoms with Crippen molar-refractivity contribution in [2.45, 2.75) is 84.3 Å². The topological polar surface area (TPSA) is 85.3 Å². The van der Waals surface area contributed by atoms with Crippen molar-refractivity contribution < 1.29 is 9.26 Å². The molecule has 5 aliphatic rings.